The number of amides is 1. The monoisotopic (exact) mass is 400 g/mol. The number of carbonyl (C=O) groups excluding carboxylic acids is 1. The van der Waals surface area contributed by atoms with Crippen molar-refractivity contribution in [2.45, 2.75) is 33.6 Å². The molecule has 30 heavy (non-hydrogen) atoms. The first-order valence-corrected chi connectivity index (χ1v) is 9.96. The van der Waals surface area contributed by atoms with E-state index >= 15 is 0 Å². The van der Waals surface area contributed by atoms with Gasteiger partial charge >= 0.3 is 5.97 Å². The molecule has 1 aliphatic heterocycles. The van der Waals surface area contributed by atoms with E-state index in [2.05, 4.69) is 48.4 Å². The standard InChI is InChI=1S/C25H24N2O3/c1-13(2)16-6-5-7-17(10-16)18-8-9-19-20(24(28)27-22(19)11-18)12-21-14(3)23(25(29)30)15(4)26-21/h5-13,26H,1-4H3,(H,27,28)(H,29,30)/b20-12-. The van der Waals surface area contributed by atoms with Crippen LogP contribution in [0.25, 0.3) is 22.8 Å². The number of carboxylic acid groups (broad SMARTS) is 1. The summed E-state index contributed by atoms with van der Waals surface area (Å²) in [4.78, 5) is 27.2. The summed E-state index contributed by atoms with van der Waals surface area (Å²) in [6.45, 7) is 7.80. The summed E-state index contributed by atoms with van der Waals surface area (Å²) in [5, 5.41) is 12.3. The number of aromatic amines is 1. The van der Waals surface area contributed by atoms with Gasteiger partial charge in [-0.25, -0.2) is 4.79 Å². The Labute approximate surface area is 175 Å². The van der Waals surface area contributed by atoms with Crippen LogP contribution in [0, 0.1) is 13.8 Å². The van der Waals surface area contributed by atoms with E-state index in [0.29, 0.717) is 28.4 Å². The van der Waals surface area contributed by atoms with E-state index in [4.69, 9.17) is 0 Å². The second kappa shape index (κ2) is 7.34. The fourth-order valence-electron chi connectivity index (χ4n) is 3.98. The van der Waals surface area contributed by atoms with Crippen LogP contribution in [0.2, 0.25) is 0 Å². The number of carbonyl (C=O) groups is 2. The minimum absolute atomic E-state index is 0.193. The second-order valence-corrected chi connectivity index (χ2v) is 8.02. The van der Waals surface area contributed by atoms with E-state index in [1.807, 2.05) is 18.2 Å². The lowest BCUT2D eigenvalue weighted by Crippen LogP contribution is -2.03. The van der Waals surface area contributed by atoms with Crippen molar-refractivity contribution < 1.29 is 14.7 Å². The predicted molar refractivity (Wildman–Crippen MR) is 120 cm³/mol. The van der Waals surface area contributed by atoms with Crippen molar-refractivity contribution in [3.05, 3.63) is 76.1 Å². The van der Waals surface area contributed by atoms with E-state index in [0.717, 1.165) is 22.4 Å². The Bertz CT molecular complexity index is 1220. The highest BCUT2D eigenvalue weighted by Gasteiger charge is 2.26. The Kier molecular flexibility index (Phi) is 4.82. The highest BCUT2D eigenvalue weighted by molar-refractivity contribution is 6.35. The highest BCUT2D eigenvalue weighted by atomic mass is 16.4. The molecule has 4 rings (SSSR count). The molecule has 3 N–H and O–H groups in total. The van der Waals surface area contributed by atoms with E-state index in [-0.39, 0.29) is 11.5 Å². The molecule has 0 unspecified atom stereocenters. The first-order valence-electron chi connectivity index (χ1n) is 9.96. The molecule has 0 saturated carbocycles. The van der Waals surface area contributed by atoms with Crippen molar-refractivity contribution in [2.75, 3.05) is 5.32 Å². The van der Waals surface area contributed by atoms with Crippen LogP contribution in [-0.4, -0.2) is 22.0 Å². The molecule has 0 radical (unpaired) electrons. The fraction of sp³-hybridized carbons (Fsp3) is 0.200. The van der Waals surface area contributed by atoms with Crippen LogP contribution in [0.1, 0.15) is 58.2 Å². The van der Waals surface area contributed by atoms with Gasteiger partial charge in [0, 0.05) is 22.6 Å². The normalized spacial score (nSPS) is 14.3. The maximum Gasteiger partial charge on any atom is 0.337 e. The van der Waals surface area contributed by atoms with Crippen molar-refractivity contribution >= 4 is 29.2 Å². The largest absolute Gasteiger partial charge is 0.478 e. The molecule has 1 amide bonds. The van der Waals surface area contributed by atoms with Crippen LogP contribution < -0.4 is 5.32 Å². The fourth-order valence-corrected chi connectivity index (χ4v) is 3.98. The summed E-state index contributed by atoms with van der Waals surface area (Å²) in [5.74, 6) is -0.728. The van der Waals surface area contributed by atoms with Crippen molar-refractivity contribution in [3.8, 4) is 11.1 Å². The lowest BCUT2D eigenvalue weighted by Gasteiger charge is -2.09. The number of fused-ring (bicyclic) bond motifs is 1. The summed E-state index contributed by atoms with van der Waals surface area (Å²) in [5.41, 5.74) is 7.60. The van der Waals surface area contributed by atoms with Gasteiger partial charge in [-0.05, 0) is 54.2 Å². The number of carboxylic acids is 1. The highest BCUT2D eigenvalue weighted by Crippen LogP contribution is 2.37. The minimum atomic E-state index is -0.976. The van der Waals surface area contributed by atoms with Gasteiger partial charge < -0.3 is 15.4 Å². The molecule has 2 aromatic carbocycles. The molecule has 5 nitrogen and oxygen atoms in total. The molecule has 152 valence electrons. The summed E-state index contributed by atoms with van der Waals surface area (Å²) in [7, 11) is 0. The number of anilines is 1. The van der Waals surface area contributed by atoms with Gasteiger partial charge in [-0.3, -0.25) is 4.79 Å². The van der Waals surface area contributed by atoms with Gasteiger partial charge in [0.15, 0.2) is 0 Å². The smallest absolute Gasteiger partial charge is 0.337 e. The number of rotatable bonds is 4. The SMILES string of the molecule is Cc1[nH]c(/C=C2\C(=O)Nc3cc(-c4cccc(C(C)C)c4)ccc32)c(C)c1C(=O)O. The summed E-state index contributed by atoms with van der Waals surface area (Å²) in [6.07, 6.45) is 1.73. The van der Waals surface area contributed by atoms with Crippen LogP contribution >= 0.6 is 0 Å². The zero-order valence-corrected chi connectivity index (χ0v) is 17.5. The molecule has 1 aromatic heterocycles. The Morgan fingerprint density at radius 3 is 2.47 bits per heavy atom. The van der Waals surface area contributed by atoms with Gasteiger partial charge in [0.1, 0.15) is 0 Å². The molecule has 3 aromatic rings. The number of nitrogens with one attached hydrogen (secondary N) is 2. The van der Waals surface area contributed by atoms with Crippen molar-refractivity contribution in [1.82, 2.24) is 4.98 Å². The van der Waals surface area contributed by atoms with Crippen LogP contribution in [0.4, 0.5) is 5.69 Å². The minimum Gasteiger partial charge on any atom is -0.478 e. The van der Waals surface area contributed by atoms with Crippen LogP contribution in [0.5, 0.6) is 0 Å². The Morgan fingerprint density at radius 1 is 1.07 bits per heavy atom. The molecule has 1 aliphatic rings. The Balaban J connectivity index is 1.75. The summed E-state index contributed by atoms with van der Waals surface area (Å²) < 4.78 is 0. The van der Waals surface area contributed by atoms with Gasteiger partial charge in [0.2, 0.25) is 0 Å². The van der Waals surface area contributed by atoms with Crippen molar-refractivity contribution in [2.24, 2.45) is 0 Å². The molecule has 0 spiro atoms. The molecule has 5 heteroatoms. The molecule has 0 fully saturated rings. The average molecular weight is 400 g/mol. The number of aromatic nitrogens is 1. The Hall–Kier alpha value is -3.60. The molecule has 0 saturated heterocycles. The van der Waals surface area contributed by atoms with Crippen molar-refractivity contribution in [1.29, 1.82) is 0 Å². The number of hydrogen-bond acceptors (Lipinski definition) is 2. The number of aromatic carboxylic acids is 1. The van der Waals surface area contributed by atoms with E-state index in [1.54, 1.807) is 19.9 Å². The maximum atomic E-state index is 12.7. The lowest BCUT2D eigenvalue weighted by molar-refractivity contribution is -0.110. The summed E-state index contributed by atoms with van der Waals surface area (Å²) >= 11 is 0. The number of H-pyrrole nitrogens is 1. The predicted octanol–water partition coefficient (Wildman–Crippen LogP) is 5.61. The number of aryl methyl sites for hydroxylation is 1. The number of benzene rings is 2. The quantitative estimate of drug-likeness (QED) is 0.498. The second-order valence-electron chi connectivity index (χ2n) is 8.02. The molecular formula is C25H24N2O3. The van der Waals surface area contributed by atoms with E-state index in [1.165, 1.54) is 5.56 Å². The zero-order chi connectivity index (χ0) is 21.6. The van der Waals surface area contributed by atoms with Crippen LogP contribution in [0.3, 0.4) is 0 Å². The van der Waals surface area contributed by atoms with E-state index < -0.39 is 5.97 Å². The van der Waals surface area contributed by atoms with Gasteiger partial charge in [0.05, 0.1) is 11.1 Å². The van der Waals surface area contributed by atoms with Gasteiger partial charge in [0.25, 0.3) is 5.91 Å². The third kappa shape index (κ3) is 3.32. The summed E-state index contributed by atoms with van der Waals surface area (Å²) in [6, 6.07) is 14.4. The maximum absolute atomic E-state index is 12.7. The van der Waals surface area contributed by atoms with Crippen LogP contribution in [-0.2, 0) is 4.79 Å². The third-order valence-electron chi connectivity index (χ3n) is 5.67. The first-order chi connectivity index (χ1) is 14.3. The number of hydrogen-bond donors (Lipinski definition) is 3. The van der Waals surface area contributed by atoms with Gasteiger partial charge in [-0.15, -0.1) is 0 Å². The van der Waals surface area contributed by atoms with E-state index in [9.17, 15) is 14.7 Å². The van der Waals surface area contributed by atoms with Crippen LogP contribution in [0.15, 0.2) is 42.5 Å². The molecule has 0 atom stereocenters. The molecular weight excluding hydrogens is 376 g/mol. The lowest BCUT2D eigenvalue weighted by atomic mass is 9.95. The van der Waals surface area contributed by atoms with Gasteiger partial charge in [-0.2, -0.15) is 0 Å². The van der Waals surface area contributed by atoms with Gasteiger partial charge in [-0.1, -0.05) is 50.2 Å². The molecule has 0 bridgehead atoms. The topological polar surface area (TPSA) is 82.2 Å². The molecule has 0 aliphatic carbocycles. The Morgan fingerprint density at radius 2 is 1.80 bits per heavy atom. The zero-order valence-electron chi connectivity index (χ0n) is 17.5. The van der Waals surface area contributed by atoms with Crippen molar-refractivity contribution in [3.63, 3.8) is 0 Å². The first kappa shape index (κ1) is 19.7. The molecule has 2 heterocycles. The third-order valence-corrected chi connectivity index (χ3v) is 5.67. The average Bonchev–Trinajstić information content (AvgIpc) is 3.16.